The van der Waals surface area contributed by atoms with Gasteiger partial charge in [-0.2, -0.15) is 0 Å². The maximum absolute atomic E-state index is 11.9. The van der Waals surface area contributed by atoms with Gasteiger partial charge in [-0.15, -0.1) is 0 Å². The van der Waals surface area contributed by atoms with Crippen molar-refractivity contribution < 1.29 is 8.42 Å². The minimum Gasteiger partial charge on any atom is -0.326 e. The molecule has 1 aromatic carbocycles. The number of halogens is 1. The number of sulfonamides is 1. The molecule has 3 N–H and O–H groups in total. The minimum absolute atomic E-state index is 0.225. The SMILES string of the molecule is NCc1cc(S(=O)(=O)NCC2CC2)ccc1Cl. The van der Waals surface area contributed by atoms with E-state index in [-0.39, 0.29) is 11.4 Å². The van der Waals surface area contributed by atoms with Gasteiger partial charge in [-0.1, -0.05) is 11.6 Å². The molecular weight excluding hydrogens is 260 g/mol. The van der Waals surface area contributed by atoms with Crippen LogP contribution in [0.3, 0.4) is 0 Å². The molecular formula is C11H15ClN2O2S. The Labute approximate surface area is 106 Å². The van der Waals surface area contributed by atoms with E-state index in [9.17, 15) is 8.42 Å². The predicted molar refractivity (Wildman–Crippen MR) is 67.3 cm³/mol. The van der Waals surface area contributed by atoms with Crippen LogP contribution in [0.5, 0.6) is 0 Å². The summed E-state index contributed by atoms with van der Waals surface area (Å²) in [5, 5.41) is 0.494. The average Bonchev–Trinajstić information content (AvgIpc) is 3.10. The number of nitrogens with two attached hydrogens (primary N) is 1. The van der Waals surface area contributed by atoms with Crippen LogP contribution < -0.4 is 10.5 Å². The number of nitrogens with one attached hydrogen (secondary N) is 1. The Balaban J connectivity index is 2.19. The Kier molecular flexibility index (Phi) is 3.73. The first-order valence-electron chi connectivity index (χ1n) is 5.51. The van der Waals surface area contributed by atoms with Gasteiger partial charge in [0.1, 0.15) is 0 Å². The molecule has 17 heavy (non-hydrogen) atoms. The molecule has 4 nitrogen and oxygen atoms in total. The Morgan fingerprint density at radius 3 is 2.71 bits per heavy atom. The summed E-state index contributed by atoms with van der Waals surface area (Å²) in [6.07, 6.45) is 2.22. The number of rotatable bonds is 5. The predicted octanol–water partition coefficient (Wildman–Crippen LogP) is 1.49. The highest BCUT2D eigenvalue weighted by atomic mass is 35.5. The van der Waals surface area contributed by atoms with Crippen molar-refractivity contribution in [3.05, 3.63) is 28.8 Å². The lowest BCUT2D eigenvalue weighted by molar-refractivity contribution is 0.577. The molecule has 0 unspecified atom stereocenters. The van der Waals surface area contributed by atoms with E-state index in [1.54, 1.807) is 6.07 Å². The fourth-order valence-electron chi connectivity index (χ4n) is 1.51. The van der Waals surface area contributed by atoms with E-state index in [0.29, 0.717) is 23.0 Å². The van der Waals surface area contributed by atoms with Crippen molar-refractivity contribution >= 4 is 21.6 Å². The lowest BCUT2D eigenvalue weighted by Gasteiger charge is -2.08. The first-order chi connectivity index (χ1) is 8.03. The van der Waals surface area contributed by atoms with E-state index < -0.39 is 10.0 Å². The summed E-state index contributed by atoms with van der Waals surface area (Å²) in [6, 6.07) is 4.59. The monoisotopic (exact) mass is 274 g/mol. The highest BCUT2D eigenvalue weighted by Crippen LogP contribution is 2.28. The third-order valence-corrected chi connectivity index (χ3v) is 4.60. The molecule has 0 radical (unpaired) electrons. The molecule has 0 atom stereocenters. The van der Waals surface area contributed by atoms with Gasteiger partial charge in [-0.05, 0) is 42.5 Å². The Morgan fingerprint density at radius 2 is 2.12 bits per heavy atom. The van der Waals surface area contributed by atoms with Gasteiger partial charge in [0.15, 0.2) is 0 Å². The van der Waals surface area contributed by atoms with Crippen LogP contribution in [0.2, 0.25) is 5.02 Å². The van der Waals surface area contributed by atoms with E-state index in [0.717, 1.165) is 12.8 Å². The third-order valence-electron chi connectivity index (χ3n) is 2.81. The number of hydrogen-bond donors (Lipinski definition) is 2. The summed E-state index contributed by atoms with van der Waals surface area (Å²) in [5.74, 6) is 0.506. The zero-order chi connectivity index (χ0) is 12.5. The fourth-order valence-corrected chi connectivity index (χ4v) is 2.87. The average molecular weight is 275 g/mol. The van der Waals surface area contributed by atoms with Gasteiger partial charge in [0.25, 0.3) is 0 Å². The van der Waals surface area contributed by atoms with Gasteiger partial charge >= 0.3 is 0 Å². The standard InChI is InChI=1S/C11H15ClN2O2S/c12-11-4-3-10(5-9(11)6-13)17(15,16)14-7-8-1-2-8/h3-5,8,14H,1-2,6-7,13H2. The lowest BCUT2D eigenvalue weighted by Crippen LogP contribution is -2.26. The number of hydrogen-bond acceptors (Lipinski definition) is 3. The molecule has 1 fully saturated rings. The maximum atomic E-state index is 11.9. The normalized spacial score (nSPS) is 16.1. The third kappa shape index (κ3) is 3.19. The van der Waals surface area contributed by atoms with E-state index >= 15 is 0 Å². The molecule has 2 rings (SSSR count). The second kappa shape index (κ2) is 4.94. The molecule has 1 saturated carbocycles. The van der Waals surface area contributed by atoms with Crippen LogP contribution in [0.15, 0.2) is 23.1 Å². The van der Waals surface area contributed by atoms with Gasteiger partial charge in [0.2, 0.25) is 10.0 Å². The van der Waals surface area contributed by atoms with Crippen molar-refractivity contribution in [2.24, 2.45) is 11.7 Å². The molecule has 1 aromatic rings. The van der Waals surface area contributed by atoms with E-state index in [1.165, 1.54) is 12.1 Å². The van der Waals surface area contributed by atoms with Crippen LogP contribution in [0.25, 0.3) is 0 Å². The van der Waals surface area contributed by atoms with Crippen molar-refractivity contribution in [3.63, 3.8) is 0 Å². The van der Waals surface area contributed by atoms with Crippen LogP contribution >= 0.6 is 11.6 Å². The smallest absolute Gasteiger partial charge is 0.240 e. The molecule has 94 valence electrons. The molecule has 1 aliphatic carbocycles. The summed E-state index contributed by atoms with van der Waals surface area (Å²) in [7, 11) is -3.43. The Hall–Kier alpha value is -0.620. The summed E-state index contributed by atoms with van der Waals surface area (Å²) >= 11 is 5.89. The van der Waals surface area contributed by atoms with Crippen molar-refractivity contribution in [1.82, 2.24) is 4.72 Å². The van der Waals surface area contributed by atoms with Crippen molar-refractivity contribution in [2.45, 2.75) is 24.3 Å². The first-order valence-corrected chi connectivity index (χ1v) is 7.37. The van der Waals surface area contributed by atoms with Crippen LogP contribution in [0.4, 0.5) is 0 Å². The van der Waals surface area contributed by atoms with Crippen molar-refractivity contribution in [1.29, 1.82) is 0 Å². The number of benzene rings is 1. The molecule has 0 heterocycles. The van der Waals surface area contributed by atoms with Crippen LogP contribution in [0.1, 0.15) is 18.4 Å². The molecule has 6 heteroatoms. The van der Waals surface area contributed by atoms with Gasteiger partial charge in [-0.3, -0.25) is 0 Å². The summed E-state index contributed by atoms with van der Waals surface area (Å²) in [5.41, 5.74) is 6.14. The summed E-state index contributed by atoms with van der Waals surface area (Å²) in [6.45, 7) is 0.744. The quantitative estimate of drug-likeness (QED) is 0.854. The van der Waals surface area contributed by atoms with Crippen LogP contribution in [-0.2, 0) is 16.6 Å². The molecule has 0 aromatic heterocycles. The van der Waals surface area contributed by atoms with E-state index in [4.69, 9.17) is 17.3 Å². The largest absolute Gasteiger partial charge is 0.326 e. The Bertz CT molecular complexity index is 512. The molecule has 1 aliphatic rings. The summed E-state index contributed by atoms with van der Waals surface area (Å²) < 4.78 is 26.5. The second-order valence-corrected chi connectivity index (χ2v) is 6.43. The van der Waals surface area contributed by atoms with Crippen molar-refractivity contribution in [2.75, 3.05) is 6.54 Å². The first kappa shape index (κ1) is 12.8. The van der Waals surface area contributed by atoms with Gasteiger partial charge < -0.3 is 5.73 Å². The zero-order valence-electron chi connectivity index (χ0n) is 9.32. The van der Waals surface area contributed by atoms with E-state index in [1.807, 2.05) is 0 Å². The van der Waals surface area contributed by atoms with Crippen molar-refractivity contribution in [3.8, 4) is 0 Å². The van der Waals surface area contributed by atoms with Gasteiger partial charge in [0.05, 0.1) is 4.90 Å². The summed E-state index contributed by atoms with van der Waals surface area (Å²) in [4.78, 5) is 0.225. The van der Waals surface area contributed by atoms with Gasteiger partial charge in [0, 0.05) is 18.1 Å². The molecule has 0 saturated heterocycles. The highest BCUT2D eigenvalue weighted by molar-refractivity contribution is 7.89. The zero-order valence-corrected chi connectivity index (χ0v) is 10.9. The van der Waals surface area contributed by atoms with E-state index in [2.05, 4.69) is 4.72 Å². The minimum atomic E-state index is -3.43. The topological polar surface area (TPSA) is 72.2 Å². The molecule has 0 spiro atoms. The van der Waals surface area contributed by atoms with Crippen LogP contribution in [0, 0.1) is 5.92 Å². The fraction of sp³-hybridized carbons (Fsp3) is 0.455. The van der Waals surface area contributed by atoms with Gasteiger partial charge in [-0.25, -0.2) is 13.1 Å². The van der Waals surface area contributed by atoms with Crippen LogP contribution in [-0.4, -0.2) is 15.0 Å². The molecule has 0 aliphatic heterocycles. The second-order valence-electron chi connectivity index (χ2n) is 4.25. The maximum Gasteiger partial charge on any atom is 0.240 e. The molecule has 0 amide bonds. The molecule has 0 bridgehead atoms. The highest BCUT2D eigenvalue weighted by Gasteiger charge is 2.24. The Morgan fingerprint density at radius 1 is 1.41 bits per heavy atom. The lowest BCUT2D eigenvalue weighted by atomic mass is 10.2.